The van der Waals surface area contributed by atoms with E-state index in [1.165, 1.54) is 16.8 Å². The van der Waals surface area contributed by atoms with E-state index in [1.54, 1.807) is 0 Å². The number of hydrogen-bond acceptors (Lipinski definition) is 2. The maximum Gasteiger partial charge on any atom is 0.0818 e. The van der Waals surface area contributed by atoms with Crippen LogP contribution in [0.4, 0.5) is 0 Å². The molecule has 0 radical (unpaired) electrons. The van der Waals surface area contributed by atoms with Gasteiger partial charge in [-0.15, -0.1) is 0 Å². The van der Waals surface area contributed by atoms with Gasteiger partial charge in [-0.1, -0.05) is 35.9 Å². The number of nitrogens with zero attached hydrogens (tertiary/aromatic N) is 1. The van der Waals surface area contributed by atoms with Crippen LogP contribution in [0.3, 0.4) is 0 Å². The van der Waals surface area contributed by atoms with E-state index in [0.29, 0.717) is 22.8 Å². The molecular formula is C21H22ClNO. The van der Waals surface area contributed by atoms with Crippen LogP contribution in [0.15, 0.2) is 42.6 Å². The third kappa shape index (κ3) is 2.78. The van der Waals surface area contributed by atoms with Crippen LogP contribution in [-0.4, -0.2) is 10.1 Å². The van der Waals surface area contributed by atoms with E-state index in [9.17, 15) is 5.11 Å². The van der Waals surface area contributed by atoms with Crippen LogP contribution >= 0.6 is 11.6 Å². The molecule has 1 aromatic heterocycles. The lowest BCUT2D eigenvalue weighted by atomic mass is 9.86. The first-order chi connectivity index (χ1) is 11.6. The zero-order valence-electron chi connectivity index (χ0n) is 13.8. The van der Waals surface area contributed by atoms with Crippen LogP contribution in [-0.2, 0) is 0 Å². The molecule has 2 aliphatic rings. The van der Waals surface area contributed by atoms with Gasteiger partial charge in [-0.25, -0.2) is 0 Å². The molecule has 0 aliphatic heterocycles. The van der Waals surface area contributed by atoms with Gasteiger partial charge in [0.15, 0.2) is 0 Å². The number of aromatic nitrogens is 1. The molecule has 0 spiro atoms. The summed E-state index contributed by atoms with van der Waals surface area (Å²) >= 11 is 5.95. The number of aliphatic hydroxyl groups is 1. The second kappa shape index (κ2) is 6.34. The number of benzene rings is 1. The normalized spacial score (nSPS) is 26.5. The standard InChI is InChI=1S/C21H22ClNO/c1-13-10-11-23-20-18(13)8-9-19(20)15-2-3-16(12-15)21(24)14-4-6-17(22)7-5-14/h4-11,15-16,19,21,24H,2-3,12H2,1H3/t15?,16-,19?,21-/m1/s1. The van der Waals surface area contributed by atoms with Crippen LogP contribution in [0.2, 0.25) is 5.02 Å². The highest BCUT2D eigenvalue weighted by Crippen LogP contribution is 2.47. The average molecular weight is 340 g/mol. The fourth-order valence-corrected chi connectivity index (χ4v) is 4.47. The summed E-state index contributed by atoms with van der Waals surface area (Å²) in [6.45, 7) is 2.15. The Bertz CT molecular complexity index is 768. The van der Waals surface area contributed by atoms with E-state index in [-0.39, 0.29) is 0 Å². The lowest BCUT2D eigenvalue weighted by Gasteiger charge is -2.21. The molecule has 2 nitrogen and oxygen atoms in total. The molecule has 4 atom stereocenters. The third-order valence-corrected chi connectivity index (χ3v) is 5.96. The Morgan fingerprint density at radius 3 is 2.75 bits per heavy atom. The second-order valence-corrected chi connectivity index (χ2v) is 7.58. The van der Waals surface area contributed by atoms with Crippen molar-refractivity contribution in [2.75, 3.05) is 0 Å². The summed E-state index contributed by atoms with van der Waals surface area (Å²) in [5.74, 6) is 1.30. The summed E-state index contributed by atoms with van der Waals surface area (Å²) in [4.78, 5) is 4.64. The van der Waals surface area contributed by atoms with Gasteiger partial charge in [-0.05, 0) is 72.9 Å². The molecule has 24 heavy (non-hydrogen) atoms. The predicted molar refractivity (Wildman–Crippen MR) is 98.0 cm³/mol. The van der Waals surface area contributed by atoms with E-state index in [1.807, 2.05) is 30.5 Å². The predicted octanol–water partition coefficient (Wildman–Crippen LogP) is 5.30. The summed E-state index contributed by atoms with van der Waals surface area (Å²) in [7, 11) is 0. The Kier molecular flexibility index (Phi) is 4.19. The number of aliphatic hydroxyl groups excluding tert-OH is 1. The number of hydrogen-bond donors (Lipinski definition) is 1. The largest absolute Gasteiger partial charge is 0.388 e. The monoisotopic (exact) mass is 339 g/mol. The Hall–Kier alpha value is -1.64. The van der Waals surface area contributed by atoms with E-state index < -0.39 is 6.10 Å². The number of allylic oxidation sites excluding steroid dienone is 1. The van der Waals surface area contributed by atoms with Crippen LogP contribution < -0.4 is 0 Å². The first kappa shape index (κ1) is 15.9. The molecule has 3 heteroatoms. The number of fused-ring (bicyclic) bond motifs is 1. The van der Waals surface area contributed by atoms with Gasteiger partial charge >= 0.3 is 0 Å². The molecule has 1 aromatic carbocycles. The second-order valence-electron chi connectivity index (χ2n) is 7.14. The SMILES string of the molecule is Cc1ccnc2c1C=CC2C1CC[C@@H]([C@H](O)c2ccc(Cl)cc2)C1. The molecule has 1 saturated carbocycles. The number of pyridine rings is 1. The molecule has 0 bridgehead atoms. The van der Waals surface area contributed by atoms with Gasteiger partial charge in [0, 0.05) is 17.1 Å². The summed E-state index contributed by atoms with van der Waals surface area (Å²) in [6, 6.07) is 9.67. The first-order valence-corrected chi connectivity index (χ1v) is 9.08. The molecule has 2 unspecified atom stereocenters. The van der Waals surface area contributed by atoms with Gasteiger partial charge < -0.3 is 5.11 Å². The van der Waals surface area contributed by atoms with Crippen LogP contribution in [0, 0.1) is 18.8 Å². The zero-order chi connectivity index (χ0) is 16.7. The van der Waals surface area contributed by atoms with Gasteiger partial charge in [-0.3, -0.25) is 4.98 Å². The molecule has 0 amide bonds. The lowest BCUT2D eigenvalue weighted by Crippen LogP contribution is -2.12. The maximum atomic E-state index is 10.7. The van der Waals surface area contributed by atoms with E-state index in [4.69, 9.17) is 11.6 Å². The Morgan fingerprint density at radius 1 is 1.17 bits per heavy atom. The highest BCUT2D eigenvalue weighted by atomic mass is 35.5. The average Bonchev–Trinajstić information content (AvgIpc) is 3.22. The minimum absolute atomic E-state index is 0.318. The third-order valence-electron chi connectivity index (χ3n) is 5.70. The zero-order valence-corrected chi connectivity index (χ0v) is 14.6. The number of aryl methyl sites for hydroxylation is 1. The van der Waals surface area contributed by atoms with Crippen LogP contribution in [0.25, 0.3) is 6.08 Å². The minimum atomic E-state index is -0.400. The fraction of sp³-hybridized carbons (Fsp3) is 0.381. The number of halogens is 1. The van der Waals surface area contributed by atoms with E-state index >= 15 is 0 Å². The lowest BCUT2D eigenvalue weighted by molar-refractivity contribution is 0.109. The van der Waals surface area contributed by atoms with Gasteiger partial charge in [0.25, 0.3) is 0 Å². The number of rotatable bonds is 3. The Labute approximate surface area is 148 Å². The van der Waals surface area contributed by atoms with Gasteiger partial charge in [0.2, 0.25) is 0 Å². The minimum Gasteiger partial charge on any atom is -0.388 e. The van der Waals surface area contributed by atoms with Crippen molar-refractivity contribution in [2.24, 2.45) is 11.8 Å². The summed E-state index contributed by atoms with van der Waals surface area (Å²) < 4.78 is 0. The molecule has 2 aromatic rings. The first-order valence-electron chi connectivity index (χ1n) is 8.70. The highest BCUT2D eigenvalue weighted by Gasteiger charge is 2.37. The van der Waals surface area contributed by atoms with Gasteiger partial charge in [0.1, 0.15) is 0 Å². The molecular weight excluding hydrogens is 318 g/mol. The van der Waals surface area contributed by atoms with Crippen molar-refractivity contribution in [1.29, 1.82) is 0 Å². The summed E-state index contributed by atoms with van der Waals surface area (Å²) in [5.41, 5.74) is 4.79. The smallest absolute Gasteiger partial charge is 0.0818 e. The molecule has 1 N–H and O–H groups in total. The molecule has 124 valence electrons. The van der Waals surface area contributed by atoms with E-state index in [0.717, 1.165) is 24.8 Å². The quantitative estimate of drug-likeness (QED) is 0.822. The molecule has 1 fully saturated rings. The molecule has 1 heterocycles. The van der Waals surface area contributed by atoms with Crippen molar-refractivity contribution >= 4 is 17.7 Å². The van der Waals surface area contributed by atoms with Gasteiger partial charge in [-0.2, -0.15) is 0 Å². The van der Waals surface area contributed by atoms with Crippen molar-refractivity contribution in [3.63, 3.8) is 0 Å². The highest BCUT2D eigenvalue weighted by molar-refractivity contribution is 6.30. The van der Waals surface area contributed by atoms with Crippen molar-refractivity contribution in [3.8, 4) is 0 Å². The Morgan fingerprint density at radius 2 is 1.96 bits per heavy atom. The van der Waals surface area contributed by atoms with Gasteiger partial charge in [0.05, 0.1) is 11.8 Å². The Balaban J connectivity index is 1.49. The molecule has 0 saturated heterocycles. The fourth-order valence-electron chi connectivity index (χ4n) is 4.34. The van der Waals surface area contributed by atoms with Crippen molar-refractivity contribution in [1.82, 2.24) is 4.98 Å². The maximum absolute atomic E-state index is 10.7. The van der Waals surface area contributed by atoms with Crippen molar-refractivity contribution in [2.45, 2.75) is 38.2 Å². The van der Waals surface area contributed by atoms with Crippen LogP contribution in [0.5, 0.6) is 0 Å². The van der Waals surface area contributed by atoms with Crippen molar-refractivity contribution < 1.29 is 5.11 Å². The van der Waals surface area contributed by atoms with Crippen LogP contribution in [0.1, 0.15) is 53.7 Å². The summed E-state index contributed by atoms with van der Waals surface area (Å²) in [6.07, 6.45) is 9.33. The van der Waals surface area contributed by atoms with Crippen molar-refractivity contribution in [3.05, 3.63) is 70.0 Å². The summed E-state index contributed by atoms with van der Waals surface area (Å²) in [5, 5.41) is 11.4. The molecule has 2 aliphatic carbocycles. The topological polar surface area (TPSA) is 33.1 Å². The van der Waals surface area contributed by atoms with E-state index in [2.05, 4.69) is 30.1 Å². The molecule has 4 rings (SSSR count).